The van der Waals surface area contributed by atoms with Crippen molar-refractivity contribution in [3.05, 3.63) is 48.5 Å². The van der Waals surface area contributed by atoms with Crippen molar-refractivity contribution in [2.75, 3.05) is 5.73 Å². The Morgan fingerprint density at radius 1 is 0.882 bits per heavy atom. The Balaban J connectivity index is 2.13. The smallest absolute Gasteiger partial charge is 0.205 e. The van der Waals surface area contributed by atoms with Crippen LogP contribution < -0.4 is 5.73 Å². The van der Waals surface area contributed by atoms with Gasteiger partial charge < -0.3 is 5.73 Å². The zero-order chi connectivity index (χ0) is 12.1. The van der Waals surface area contributed by atoms with Crippen LogP contribution >= 0.6 is 11.8 Å². The molecule has 0 spiro atoms. The molecule has 0 fully saturated rings. The summed E-state index contributed by atoms with van der Waals surface area (Å²) in [6, 6.07) is 15.2. The maximum atomic E-state index is 10.2. The van der Waals surface area contributed by atoms with E-state index in [2.05, 4.69) is 4.36 Å². The lowest BCUT2D eigenvalue weighted by Gasteiger charge is -2.02. The molecular formula is C12H10N2OS2. The van der Waals surface area contributed by atoms with Gasteiger partial charge in [-0.2, -0.15) is 8.57 Å². The predicted octanol–water partition coefficient (Wildman–Crippen LogP) is 3.45. The minimum absolute atomic E-state index is 0.220. The van der Waals surface area contributed by atoms with Gasteiger partial charge in [0.15, 0.2) is 0 Å². The Kier molecular flexibility index (Phi) is 3.95. The lowest BCUT2D eigenvalue weighted by molar-refractivity contribution is 0.698. The molecule has 0 unspecified atom stereocenters. The van der Waals surface area contributed by atoms with E-state index in [1.54, 1.807) is 11.8 Å². The lowest BCUT2D eigenvalue weighted by Crippen LogP contribution is -1.82. The molecule has 0 aliphatic rings. The predicted molar refractivity (Wildman–Crippen MR) is 71.6 cm³/mol. The molecule has 0 bridgehead atoms. The second-order valence-corrected chi connectivity index (χ2v) is 4.81. The SMILES string of the molecule is Nc1ccc(Sc2ccc(N=S=O)cc2)cc1. The van der Waals surface area contributed by atoms with E-state index in [1.807, 2.05) is 48.5 Å². The zero-order valence-electron chi connectivity index (χ0n) is 8.87. The van der Waals surface area contributed by atoms with E-state index in [0.717, 1.165) is 15.5 Å². The second-order valence-electron chi connectivity index (χ2n) is 3.33. The number of hydrogen-bond acceptors (Lipinski definition) is 4. The zero-order valence-corrected chi connectivity index (χ0v) is 10.5. The first-order valence-corrected chi connectivity index (χ1v) is 6.43. The molecule has 2 rings (SSSR count). The molecule has 86 valence electrons. The Bertz CT molecular complexity index is 546. The van der Waals surface area contributed by atoms with Crippen molar-refractivity contribution in [3.8, 4) is 0 Å². The second kappa shape index (κ2) is 5.65. The highest BCUT2D eigenvalue weighted by Gasteiger charge is 1.97. The summed E-state index contributed by atoms with van der Waals surface area (Å²) in [5.74, 6) is 0. The van der Waals surface area contributed by atoms with Gasteiger partial charge in [-0.15, -0.1) is 0 Å². The fraction of sp³-hybridized carbons (Fsp3) is 0. The molecule has 0 aliphatic heterocycles. The molecular weight excluding hydrogens is 252 g/mol. The first-order valence-electron chi connectivity index (χ1n) is 4.91. The van der Waals surface area contributed by atoms with Crippen LogP contribution in [-0.2, 0) is 11.5 Å². The van der Waals surface area contributed by atoms with Gasteiger partial charge in [0.25, 0.3) is 0 Å². The van der Waals surface area contributed by atoms with Gasteiger partial charge in [0, 0.05) is 15.5 Å². The first kappa shape index (κ1) is 11.9. The van der Waals surface area contributed by atoms with Crippen molar-refractivity contribution in [1.29, 1.82) is 0 Å². The van der Waals surface area contributed by atoms with Gasteiger partial charge in [-0.1, -0.05) is 11.8 Å². The van der Waals surface area contributed by atoms with Crippen molar-refractivity contribution in [2.24, 2.45) is 4.36 Å². The van der Waals surface area contributed by atoms with Gasteiger partial charge in [-0.05, 0) is 48.5 Å². The number of nitrogen functional groups attached to an aromatic ring is 1. The molecule has 3 nitrogen and oxygen atoms in total. The summed E-state index contributed by atoms with van der Waals surface area (Å²) in [7, 11) is 0. The molecule has 0 saturated carbocycles. The molecule has 2 N–H and O–H groups in total. The van der Waals surface area contributed by atoms with Crippen LogP contribution in [0.25, 0.3) is 0 Å². The molecule has 0 amide bonds. The van der Waals surface area contributed by atoms with Gasteiger partial charge >= 0.3 is 0 Å². The molecule has 5 heteroatoms. The number of benzene rings is 2. The van der Waals surface area contributed by atoms with Crippen LogP contribution in [0.1, 0.15) is 0 Å². The Morgan fingerprint density at radius 3 is 1.94 bits per heavy atom. The normalized spacial score (nSPS) is 9.88. The van der Waals surface area contributed by atoms with E-state index < -0.39 is 0 Å². The van der Waals surface area contributed by atoms with Gasteiger partial charge in [0.05, 0.1) is 5.69 Å². The Labute approximate surface area is 107 Å². The summed E-state index contributed by atoms with van der Waals surface area (Å²) in [6.07, 6.45) is 0. The van der Waals surface area contributed by atoms with Crippen molar-refractivity contribution >= 4 is 34.6 Å². The van der Waals surface area contributed by atoms with E-state index >= 15 is 0 Å². The fourth-order valence-corrected chi connectivity index (χ4v) is 2.31. The Hall–Kier alpha value is -1.59. The van der Waals surface area contributed by atoms with Crippen molar-refractivity contribution in [1.82, 2.24) is 0 Å². The molecule has 2 aromatic rings. The number of anilines is 1. The Morgan fingerprint density at radius 2 is 1.41 bits per heavy atom. The van der Waals surface area contributed by atoms with Crippen LogP contribution in [0.4, 0.5) is 11.4 Å². The highest BCUT2D eigenvalue weighted by molar-refractivity contribution is 7.99. The molecule has 0 heterocycles. The third kappa shape index (κ3) is 3.44. The van der Waals surface area contributed by atoms with E-state index in [1.165, 1.54) is 0 Å². The van der Waals surface area contributed by atoms with Crippen LogP contribution in [0, 0.1) is 0 Å². The van der Waals surface area contributed by atoms with Gasteiger partial charge in [-0.25, -0.2) is 0 Å². The monoisotopic (exact) mass is 262 g/mol. The third-order valence-corrected chi connectivity index (χ3v) is 3.40. The van der Waals surface area contributed by atoms with Gasteiger partial charge in [0.1, 0.15) is 0 Å². The molecule has 0 aromatic heterocycles. The van der Waals surface area contributed by atoms with E-state index in [4.69, 9.17) is 5.73 Å². The topological polar surface area (TPSA) is 55.4 Å². The average molecular weight is 262 g/mol. The summed E-state index contributed by atoms with van der Waals surface area (Å²) in [5.41, 5.74) is 7.07. The molecule has 17 heavy (non-hydrogen) atoms. The highest BCUT2D eigenvalue weighted by Crippen LogP contribution is 2.29. The molecule has 0 atom stereocenters. The maximum absolute atomic E-state index is 10.2. The van der Waals surface area contributed by atoms with Crippen molar-refractivity contribution < 1.29 is 4.21 Å². The summed E-state index contributed by atoms with van der Waals surface area (Å²) in [5, 5.41) is 0. The van der Waals surface area contributed by atoms with Crippen LogP contribution in [0.5, 0.6) is 0 Å². The fourth-order valence-electron chi connectivity index (χ4n) is 1.29. The summed E-state index contributed by atoms with van der Waals surface area (Å²) in [4.78, 5) is 2.23. The number of hydrogen-bond donors (Lipinski definition) is 1. The van der Waals surface area contributed by atoms with Gasteiger partial charge in [0.2, 0.25) is 11.5 Å². The molecule has 2 aromatic carbocycles. The van der Waals surface area contributed by atoms with E-state index in [-0.39, 0.29) is 11.5 Å². The van der Waals surface area contributed by atoms with Crippen LogP contribution in [-0.4, -0.2) is 4.21 Å². The lowest BCUT2D eigenvalue weighted by atomic mass is 10.3. The van der Waals surface area contributed by atoms with E-state index in [0.29, 0.717) is 5.69 Å². The minimum Gasteiger partial charge on any atom is -0.399 e. The summed E-state index contributed by atoms with van der Waals surface area (Å²) < 4.78 is 13.9. The molecule has 0 radical (unpaired) electrons. The maximum Gasteiger partial charge on any atom is 0.205 e. The minimum atomic E-state index is 0.220. The number of nitrogens with zero attached hydrogens (tertiary/aromatic N) is 1. The van der Waals surface area contributed by atoms with E-state index in [9.17, 15) is 4.21 Å². The third-order valence-electron chi connectivity index (χ3n) is 2.10. The van der Waals surface area contributed by atoms with Crippen molar-refractivity contribution in [3.63, 3.8) is 0 Å². The summed E-state index contributed by atoms with van der Waals surface area (Å²) >= 11 is 1.86. The van der Waals surface area contributed by atoms with Gasteiger partial charge in [-0.3, -0.25) is 0 Å². The molecule has 0 aliphatic carbocycles. The number of rotatable bonds is 3. The quantitative estimate of drug-likeness (QED) is 0.862. The van der Waals surface area contributed by atoms with Crippen molar-refractivity contribution in [2.45, 2.75) is 9.79 Å². The summed E-state index contributed by atoms with van der Waals surface area (Å²) in [6.45, 7) is 0. The van der Waals surface area contributed by atoms with Crippen LogP contribution in [0.2, 0.25) is 0 Å². The largest absolute Gasteiger partial charge is 0.399 e. The van der Waals surface area contributed by atoms with Crippen LogP contribution in [0.3, 0.4) is 0 Å². The standard InChI is InChI=1S/C12H10N2OS2/c13-9-1-5-11(6-2-9)16-12-7-3-10(4-8-12)14-17-15/h1-8H,13H2. The highest BCUT2D eigenvalue weighted by atomic mass is 32.2. The van der Waals surface area contributed by atoms with Crippen LogP contribution in [0.15, 0.2) is 62.7 Å². The number of nitrogens with two attached hydrogens (primary N) is 1. The average Bonchev–Trinajstić information content (AvgIpc) is 2.35. The molecule has 0 saturated heterocycles. The first-order chi connectivity index (χ1) is 8.28.